The quantitative estimate of drug-likeness (QED) is 0.895. The van der Waals surface area contributed by atoms with Crippen molar-refractivity contribution >= 4 is 11.9 Å². The van der Waals surface area contributed by atoms with Crippen LogP contribution in [0.15, 0.2) is 30.3 Å². The molecule has 2 N–H and O–H groups in total. The van der Waals surface area contributed by atoms with Gasteiger partial charge in [0.2, 0.25) is 5.91 Å². The lowest BCUT2D eigenvalue weighted by Gasteiger charge is -2.32. The number of hydrogen-bond donors (Lipinski definition) is 2. The molecule has 0 aliphatic carbocycles. The van der Waals surface area contributed by atoms with Crippen LogP contribution in [0.25, 0.3) is 0 Å². The summed E-state index contributed by atoms with van der Waals surface area (Å²) in [5, 5.41) is 5.86. The van der Waals surface area contributed by atoms with Crippen LogP contribution >= 0.6 is 0 Å². The third kappa shape index (κ3) is 4.76. The van der Waals surface area contributed by atoms with Gasteiger partial charge in [0.15, 0.2) is 0 Å². The molecule has 22 heavy (non-hydrogen) atoms. The Balaban J connectivity index is 1.83. The van der Waals surface area contributed by atoms with Crippen LogP contribution in [0.2, 0.25) is 0 Å². The van der Waals surface area contributed by atoms with Crippen molar-refractivity contribution in [2.75, 3.05) is 13.1 Å². The van der Waals surface area contributed by atoms with Gasteiger partial charge in [-0.25, -0.2) is 4.79 Å². The molecule has 1 fully saturated rings. The molecule has 1 saturated heterocycles. The van der Waals surface area contributed by atoms with Crippen LogP contribution in [0, 0.1) is 5.92 Å². The molecule has 0 spiro atoms. The Morgan fingerprint density at radius 3 is 2.68 bits per heavy atom. The standard InChI is InChI=1S/C17H25N3O2/c1-13(2)19-17(22)20-10-6-9-15(12-20)16(21)18-11-14-7-4-3-5-8-14/h3-5,7-8,13,15H,6,9-12H2,1-2H3,(H,18,21)(H,19,22)/t15-/m1/s1. The number of amides is 3. The summed E-state index contributed by atoms with van der Waals surface area (Å²) in [5.41, 5.74) is 1.08. The Bertz CT molecular complexity index is 502. The van der Waals surface area contributed by atoms with Crippen LogP contribution in [-0.4, -0.2) is 36.0 Å². The smallest absolute Gasteiger partial charge is 0.317 e. The van der Waals surface area contributed by atoms with Crippen molar-refractivity contribution < 1.29 is 9.59 Å². The summed E-state index contributed by atoms with van der Waals surface area (Å²) >= 11 is 0. The van der Waals surface area contributed by atoms with Crippen LogP contribution in [0.3, 0.4) is 0 Å². The summed E-state index contributed by atoms with van der Waals surface area (Å²) in [6.07, 6.45) is 1.71. The van der Waals surface area contributed by atoms with Crippen LogP contribution in [0.5, 0.6) is 0 Å². The number of rotatable bonds is 4. The average molecular weight is 303 g/mol. The molecule has 5 heteroatoms. The first-order valence-electron chi connectivity index (χ1n) is 7.93. The van der Waals surface area contributed by atoms with Gasteiger partial charge in [0.1, 0.15) is 0 Å². The van der Waals surface area contributed by atoms with Gasteiger partial charge in [-0.1, -0.05) is 30.3 Å². The Labute approximate surface area is 132 Å². The number of nitrogens with one attached hydrogen (secondary N) is 2. The van der Waals surface area contributed by atoms with Gasteiger partial charge in [-0.2, -0.15) is 0 Å². The van der Waals surface area contributed by atoms with E-state index in [-0.39, 0.29) is 23.9 Å². The second-order valence-electron chi connectivity index (χ2n) is 6.09. The molecule has 3 amide bonds. The van der Waals surface area contributed by atoms with Crippen LogP contribution in [-0.2, 0) is 11.3 Å². The molecule has 1 aromatic carbocycles. The summed E-state index contributed by atoms with van der Waals surface area (Å²) < 4.78 is 0. The Hall–Kier alpha value is -2.04. The fourth-order valence-corrected chi connectivity index (χ4v) is 2.64. The van der Waals surface area contributed by atoms with E-state index < -0.39 is 0 Å². The van der Waals surface area contributed by atoms with Gasteiger partial charge in [0.25, 0.3) is 0 Å². The highest BCUT2D eigenvalue weighted by atomic mass is 16.2. The van der Waals surface area contributed by atoms with Gasteiger partial charge in [0, 0.05) is 25.7 Å². The van der Waals surface area contributed by atoms with Crippen molar-refractivity contribution in [1.29, 1.82) is 0 Å². The topological polar surface area (TPSA) is 61.4 Å². The molecule has 0 bridgehead atoms. The second-order valence-corrected chi connectivity index (χ2v) is 6.09. The number of hydrogen-bond acceptors (Lipinski definition) is 2. The minimum absolute atomic E-state index is 0.0332. The van der Waals surface area contributed by atoms with Gasteiger partial charge >= 0.3 is 6.03 Å². The first kappa shape index (κ1) is 16.3. The van der Waals surface area contributed by atoms with Crippen LogP contribution < -0.4 is 10.6 Å². The van der Waals surface area contributed by atoms with Gasteiger partial charge in [-0.15, -0.1) is 0 Å². The zero-order chi connectivity index (χ0) is 15.9. The summed E-state index contributed by atoms with van der Waals surface area (Å²) in [4.78, 5) is 26.1. The average Bonchev–Trinajstić information content (AvgIpc) is 2.53. The summed E-state index contributed by atoms with van der Waals surface area (Å²) in [6.45, 7) is 5.63. The lowest BCUT2D eigenvalue weighted by molar-refractivity contribution is -0.126. The van der Waals surface area contributed by atoms with E-state index in [0.717, 1.165) is 24.9 Å². The van der Waals surface area contributed by atoms with Crippen LogP contribution in [0.4, 0.5) is 4.79 Å². The van der Waals surface area contributed by atoms with Gasteiger partial charge < -0.3 is 15.5 Å². The van der Waals surface area contributed by atoms with Crippen molar-refractivity contribution in [3.63, 3.8) is 0 Å². The number of nitrogens with zero attached hydrogens (tertiary/aromatic N) is 1. The van der Waals surface area contributed by atoms with Crippen molar-refractivity contribution in [2.45, 2.75) is 39.3 Å². The van der Waals surface area contributed by atoms with E-state index in [4.69, 9.17) is 0 Å². The molecule has 1 aromatic rings. The Morgan fingerprint density at radius 2 is 2.00 bits per heavy atom. The predicted molar refractivity (Wildman–Crippen MR) is 86.3 cm³/mol. The maximum atomic E-state index is 12.3. The highest BCUT2D eigenvalue weighted by Gasteiger charge is 2.28. The third-order valence-electron chi connectivity index (χ3n) is 3.80. The lowest BCUT2D eigenvalue weighted by atomic mass is 9.97. The number of urea groups is 1. The van der Waals surface area contributed by atoms with E-state index in [2.05, 4.69) is 10.6 Å². The number of benzene rings is 1. The third-order valence-corrected chi connectivity index (χ3v) is 3.80. The summed E-state index contributed by atoms with van der Waals surface area (Å²) in [6, 6.07) is 9.89. The number of carbonyl (C=O) groups is 2. The number of piperidine rings is 1. The molecule has 1 heterocycles. The van der Waals surface area contributed by atoms with E-state index in [0.29, 0.717) is 13.1 Å². The maximum Gasteiger partial charge on any atom is 0.317 e. The van der Waals surface area contributed by atoms with E-state index in [1.165, 1.54) is 0 Å². The predicted octanol–water partition coefficient (Wildman–Crippen LogP) is 2.13. The van der Waals surface area contributed by atoms with Gasteiger partial charge in [-0.05, 0) is 32.3 Å². The molecule has 2 rings (SSSR count). The molecule has 120 valence electrons. The monoisotopic (exact) mass is 303 g/mol. The summed E-state index contributed by atoms with van der Waals surface area (Å²) in [7, 11) is 0. The Kier molecular flexibility index (Phi) is 5.81. The molecule has 0 radical (unpaired) electrons. The fourth-order valence-electron chi connectivity index (χ4n) is 2.64. The molecular weight excluding hydrogens is 278 g/mol. The van der Waals surface area contributed by atoms with E-state index in [9.17, 15) is 9.59 Å². The second kappa shape index (κ2) is 7.82. The lowest BCUT2D eigenvalue weighted by Crippen LogP contribution is -2.50. The first-order valence-corrected chi connectivity index (χ1v) is 7.93. The van der Waals surface area contributed by atoms with Crippen LogP contribution in [0.1, 0.15) is 32.3 Å². The molecular formula is C17H25N3O2. The zero-order valence-electron chi connectivity index (χ0n) is 13.3. The zero-order valence-corrected chi connectivity index (χ0v) is 13.3. The van der Waals surface area contributed by atoms with E-state index in [1.54, 1.807) is 4.90 Å². The van der Waals surface area contributed by atoms with Crippen molar-refractivity contribution in [2.24, 2.45) is 5.92 Å². The highest BCUT2D eigenvalue weighted by Crippen LogP contribution is 2.17. The first-order chi connectivity index (χ1) is 10.6. The molecule has 1 atom stereocenters. The molecule has 5 nitrogen and oxygen atoms in total. The molecule has 0 unspecified atom stereocenters. The van der Waals surface area contributed by atoms with Gasteiger partial charge in [-0.3, -0.25) is 4.79 Å². The molecule has 0 saturated carbocycles. The maximum absolute atomic E-state index is 12.3. The van der Waals surface area contributed by atoms with Crippen molar-refractivity contribution in [3.8, 4) is 0 Å². The number of carbonyl (C=O) groups excluding carboxylic acids is 2. The van der Waals surface area contributed by atoms with Gasteiger partial charge in [0.05, 0.1) is 5.92 Å². The molecule has 1 aliphatic heterocycles. The number of likely N-dealkylation sites (tertiary alicyclic amines) is 1. The Morgan fingerprint density at radius 1 is 1.27 bits per heavy atom. The van der Waals surface area contributed by atoms with Crippen molar-refractivity contribution in [1.82, 2.24) is 15.5 Å². The summed E-state index contributed by atoms with van der Waals surface area (Å²) in [5.74, 6) is -0.0822. The molecule has 1 aliphatic rings. The minimum atomic E-state index is -0.115. The normalized spacial score (nSPS) is 18.1. The van der Waals surface area contributed by atoms with E-state index >= 15 is 0 Å². The SMILES string of the molecule is CC(C)NC(=O)N1CCC[C@@H](C(=O)NCc2ccccc2)C1. The van der Waals surface area contributed by atoms with Crippen molar-refractivity contribution in [3.05, 3.63) is 35.9 Å². The minimum Gasteiger partial charge on any atom is -0.352 e. The largest absolute Gasteiger partial charge is 0.352 e. The highest BCUT2D eigenvalue weighted by molar-refractivity contribution is 5.80. The van der Waals surface area contributed by atoms with E-state index in [1.807, 2.05) is 44.2 Å². The fraction of sp³-hybridized carbons (Fsp3) is 0.529. The molecule has 0 aromatic heterocycles.